The molecule has 5 nitrogen and oxygen atoms in total. The Balaban J connectivity index is 2.41. The van der Waals surface area contributed by atoms with Crippen molar-refractivity contribution in [2.45, 2.75) is 17.9 Å². The van der Waals surface area contributed by atoms with Gasteiger partial charge in [-0.05, 0) is 31.2 Å². The van der Waals surface area contributed by atoms with Crippen LogP contribution in [0.3, 0.4) is 0 Å². The zero-order chi connectivity index (χ0) is 15.9. The van der Waals surface area contributed by atoms with Gasteiger partial charge in [-0.3, -0.25) is 4.79 Å². The smallest absolute Gasteiger partial charge is 0.323 e. The Morgan fingerprint density at radius 2 is 2.00 bits per heavy atom. The van der Waals surface area contributed by atoms with Crippen molar-refractivity contribution in [2.24, 2.45) is 5.73 Å². The number of carbonyl (C=O) groups excluding carboxylic acids is 1. The second-order valence-corrected chi connectivity index (χ2v) is 7.90. The van der Waals surface area contributed by atoms with Crippen LogP contribution in [0.25, 0.3) is 0 Å². The number of thioether (sulfide) groups is 1. The minimum Gasteiger partial charge on any atom is -0.465 e. The van der Waals surface area contributed by atoms with Crippen LogP contribution in [0.15, 0.2) is 29.2 Å². The monoisotopic (exact) mass is 351 g/mol. The van der Waals surface area contributed by atoms with E-state index < -0.39 is 21.8 Å². The number of hydrogen-bond donors (Lipinski definition) is 1. The van der Waals surface area contributed by atoms with Gasteiger partial charge in [0.2, 0.25) is 0 Å². The van der Waals surface area contributed by atoms with Crippen molar-refractivity contribution >= 4 is 39.2 Å². The number of esters is 1. The molecule has 0 saturated heterocycles. The summed E-state index contributed by atoms with van der Waals surface area (Å²) < 4.78 is 28.9. The Morgan fingerprint density at radius 1 is 1.38 bits per heavy atom. The number of carbonyl (C=O) groups is 1. The molecule has 1 aromatic rings. The van der Waals surface area contributed by atoms with E-state index in [1.807, 2.05) is 0 Å². The van der Waals surface area contributed by atoms with E-state index in [4.69, 9.17) is 22.1 Å². The van der Waals surface area contributed by atoms with Gasteiger partial charge in [-0.25, -0.2) is 8.42 Å². The van der Waals surface area contributed by atoms with Crippen LogP contribution < -0.4 is 5.73 Å². The fraction of sp³-hybridized carbons (Fsp3) is 0.462. The number of rotatable bonds is 8. The van der Waals surface area contributed by atoms with Gasteiger partial charge in [-0.15, -0.1) is 0 Å². The molecular formula is C13H18ClNO4S2. The van der Waals surface area contributed by atoms with Crippen LogP contribution in [-0.2, 0) is 19.4 Å². The van der Waals surface area contributed by atoms with Gasteiger partial charge in [0.25, 0.3) is 0 Å². The maximum atomic E-state index is 12.0. The van der Waals surface area contributed by atoms with E-state index in [2.05, 4.69) is 0 Å². The topological polar surface area (TPSA) is 86.5 Å². The van der Waals surface area contributed by atoms with Gasteiger partial charge in [-0.2, -0.15) is 11.8 Å². The van der Waals surface area contributed by atoms with E-state index in [0.717, 1.165) is 0 Å². The van der Waals surface area contributed by atoms with Crippen molar-refractivity contribution in [1.29, 1.82) is 0 Å². The summed E-state index contributed by atoms with van der Waals surface area (Å²) in [5, 5.41) is 0.490. The van der Waals surface area contributed by atoms with Gasteiger partial charge in [-0.1, -0.05) is 11.6 Å². The molecule has 0 aliphatic heterocycles. The molecular weight excluding hydrogens is 334 g/mol. The molecule has 8 heteroatoms. The Hall–Kier alpha value is -0.760. The van der Waals surface area contributed by atoms with Crippen LogP contribution in [0.4, 0.5) is 0 Å². The standard InChI is InChI=1S/C13H18ClNO4S2/c1-2-19-13(16)12(15)9-20-7-8-21(17,18)11-5-3-10(14)4-6-11/h3-6,12H,2,7-9,15H2,1H3. The summed E-state index contributed by atoms with van der Waals surface area (Å²) in [6.45, 7) is 1.98. The molecule has 0 bridgehead atoms. The largest absolute Gasteiger partial charge is 0.465 e. The van der Waals surface area contributed by atoms with E-state index in [1.165, 1.54) is 36.0 Å². The van der Waals surface area contributed by atoms with E-state index in [9.17, 15) is 13.2 Å². The zero-order valence-corrected chi connectivity index (χ0v) is 14.0. The normalized spacial score (nSPS) is 12.9. The van der Waals surface area contributed by atoms with E-state index in [0.29, 0.717) is 16.5 Å². The molecule has 1 aromatic carbocycles. The van der Waals surface area contributed by atoms with Gasteiger partial charge >= 0.3 is 5.97 Å². The summed E-state index contributed by atoms with van der Waals surface area (Å²) in [5.41, 5.74) is 5.62. The molecule has 0 saturated carbocycles. The predicted molar refractivity (Wildman–Crippen MR) is 85.4 cm³/mol. The lowest BCUT2D eigenvalue weighted by Gasteiger charge is -2.10. The first-order valence-electron chi connectivity index (χ1n) is 6.35. The van der Waals surface area contributed by atoms with Gasteiger partial charge in [0.15, 0.2) is 9.84 Å². The Kier molecular flexibility index (Phi) is 7.51. The quantitative estimate of drug-likeness (QED) is 0.567. The molecule has 1 atom stereocenters. The fourth-order valence-corrected chi connectivity index (χ4v) is 4.27. The van der Waals surface area contributed by atoms with Crippen molar-refractivity contribution < 1.29 is 17.9 Å². The maximum absolute atomic E-state index is 12.0. The molecule has 0 amide bonds. The van der Waals surface area contributed by atoms with Crippen LogP contribution in [0.2, 0.25) is 5.02 Å². The Bertz CT molecular complexity index is 560. The minimum absolute atomic E-state index is 0.0190. The molecule has 1 unspecified atom stereocenters. The van der Waals surface area contributed by atoms with E-state index in [1.54, 1.807) is 6.92 Å². The average molecular weight is 352 g/mol. The number of hydrogen-bond acceptors (Lipinski definition) is 6. The summed E-state index contributed by atoms with van der Waals surface area (Å²) in [4.78, 5) is 11.5. The Morgan fingerprint density at radius 3 is 2.57 bits per heavy atom. The first-order valence-corrected chi connectivity index (χ1v) is 9.53. The molecule has 0 aromatic heterocycles. The maximum Gasteiger partial charge on any atom is 0.323 e. The number of nitrogens with two attached hydrogens (primary N) is 1. The van der Waals surface area contributed by atoms with Crippen LogP contribution in [0.5, 0.6) is 0 Å². The lowest BCUT2D eigenvalue weighted by molar-refractivity contribution is -0.144. The summed E-state index contributed by atoms with van der Waals surface area (Å²) in [6, 6.07) is 5.31. The second kappa shape index (κ2) is 8.63. The van der Waals surface area contributed by atoms with Gasteiger partial charge in [0, 0.05) is 16.5 Å². The molecule has 21 heavy (non-hydrogen) atoms. The number of benzene rings is 1. The highest BCUT2D eigenvalue weighted by atomic mass is 35.5. The predicted octanol–water partition coefficient (Wildman–Crippen LogP) is 1.74. The van der Waals surface area contributed by atoms with Crippen LogP contribution in [0.1, 0.15) is 6.92 Å². The molecule has 1 rings (SSSR count). The lowest BCUT2D eigenvalue weighted by atomic mass is 10.4. The lowest BCUT2D eigenvalue weighted by Crippen LogP contribution is -2.34. The average Bonchev–Trinajstić information content (AvgIpc) is 2.44. The van der Waals surface area contributed by atoms with E-state index >= 15 is 0 Å². The first-order chi connectivity index (χ1) is 9.86. The minimum atomic E-state index is -3.34. The van der Waals surface area contributed by atoms with E-state index in [-0.39, 0.29) is 17.3 Å². The van der Waals surface area contributed by atoms with Gasteiger partial charge < -0.3 is 10.5 Å². The van der Waals surface area contributed by atoms with Crippen molar-refractivity contribution in [3.8, 4) is 0 Å². The molecule has 2 N–H and O–H groups in total. The van der Waals surface area contributed by atoms with Crippen LogP contribution in [-0.4, -0.2) is 44.3 Å². The highest BCUT2D eigenvalue weighted by Gasteiger charge is 2.17. The molecule has 0 aliphatic carbocycles. The van der Waals surface area contributed by atoms with Gasteiger partial charge in [0.1, 0.15) is 6.04 Å². The van der Waals surface area contributed by atoms with Crippen molar-refractivity contribution in [3.05, 3.63) is 29.3 Å². The van der Waals surface area contributed by atoms with Crippen molar-refractivity contribution in [2.75, 3.05) is 23.9 Å². The van der Waals surface area contributed by atoms with Gasteiger partial charge in [0.05, 0.1) is 17.3 Å². The SMILES string of the molecule is CCOC(=O)C(N)CSCCS(=O)(=O)c1ccc(Cl)cc1. The summed E-state index contributed by atoms with van der Waals surface area (Å²) in [6.07, 6.45) is 0. The molecule has 0 fully saturated rings. The summed E-state index contributed by atoms with van der Waals surface area (Å²) >= 11 is 7.03. The number of sulfone groups is 1. The highest BCUT2D eigenvalue weighted by Crippen LogP contribution is 2.16. The summed E-state index contributed by atoms with van der Waals surface area (Å²) in [7, 11) is -3.34. The molecule has 118 valence electrons. The third-order valence-electron chi connectivity index (χ3n) is 2.56. The number of halogens is 1. The molecule has 0 spiro atoms. The molecule has 0 radical (unpaired) electrons. The van der Waals surface area contributed by atoms with Crippen molar-refractivity contribution in [3.63, 3.8) is 0 Å². The third-order valence-corrected chi connectivity index (χ3v) is 5.89. The zero-order valence-electron chi connectivity index (χ0n) is 11.6. The molecule has 0 heterocycles. The fourth-order valence-electron chi connectivity index (χ4n) is 1.46. The number of ether oxygens (including phenoxy) is 1. The highest BCUT2D eigenvalue weighted by molar-refractivity contribution is 8.00. The first kappa shape index (κ1) is 18.3. The van der Waals surface area contributed by atoms with Crippen LogP contribution >= 0.6 is 23.4 Å². The third kappa shape index (κ3) is 6.25. The second-order valence-electron chi connectivity index (χ2n) is 4.21. The van der Waals surface area contributed by atoms with Crippen LogP contribution in [0, 0.1) is 0 Å². The van der Waals surface area contributed by atoms with Crippen molar-refractivity contribution in [1.82, 2.24) is 0 Å². The Labute approximate surface area is 134 Å². The molecule has 0 aliphatic rings. The summed E-state index contributed by atoms with van der Waals surface area (Å²) in [5.74, 6) is 0.201.